The zero-order valence-corrected chi connectivity index (χ0v) is 12.9. The standard InChI is InChI=1S/C16H18Cl2N2/c1-11-2-4-12(5-3-11)6-9-16(20-19)14-10-13(17)7-8-15(14)18/h2-5,7-8,10,16,20H,6,9,19H2,1H3. The van der Waals surface area contributed by atoms with Gasteiger partial charge in [-0.1, -0.05) is 53.0 Å². The maximum Gasteiger partial charge on any atom is 0.0478 e. The molecule has 0 aliphatic rings. The molecule has 0 saturated carbocycles. The van der Waals surface area contributed by atoms with Crippen LogP contribution in [0.3, 0.4) is 0 Å². The Morgan fingerprint density at radius 1 is 1.10 bits per heavy atom. The predicted octanol–water partition coefficient (Wildman–Crippen LogP) is 4.44. The molecular formula is C16H18Cl2N2. The first-order valence-electron chi connectivity index (χ1n) is 6.57. The van der Waals surface area contributed by atoms with Crippen LogP contribution < -0.4 is 11.3 Å². The molecule has 0 saturated heterocycles. The molecule has 1 atom stereocenters. The van der Waals surface area contributed by atoms with Gasteiger partial charge in [-0.15, -0.1) is 0 Å². The second kappa shape index (κ2) is 7.09. The maximum absolute atomic E-state index is 6.22. The van der Waals surface area contributed by atoms with E-state index in [1.807, 2.05) is 6.07 Å². The van der Waals surface area contributed by atoms with E-state index in [1.165, 1.54) is 11.1 Å². The fraction of sp³-hybridized carbons (Fsp3) is 0.250. The zero-order valence-electron chi connectivity index (χ0n) is 11.4. The number of nitrogens with two attached hydrogens (primary N) is 1. The molecule has 20 heavy (non-hydrogen) atoms. The highest BCUT2D eigenvalue weighted by molar-refractivity contribution is 6.33. The van der Waals surface area contributed by atoms with E-state index in [-0.39, 0.29) is 6.04 Å². The summed E-state index contributed by atoms with van der Waals surface area (Å²) in [5.74, 6) is 5.66. The van der Waals surface area contributed by atoms with E-state index in [9.17, 15) is 0 Å². The summed E-state index contributed by atoms with van der Waals surface area (Å²) in [5.41, 5.74) is 6.31. The van der Waals surface area contributed by atoms with Crippen molar-refractivity contribution in [2.75, 3.05) is 0 Å². The summed E-state index contributed by atoms with van der Waals surface area (Å²) in [6.07, 6.45) is 1.79. The summed E-state index contributed by atoms with van der Waals surface area (Å²) < 4.78 is 0. The molecule has 0 aliphatic carbocycles. The van der Waals surface area contributed by atoms with Gasteiger partial charge in [0.1, 0.15) is 0 Å². The van der Waals surface area contributed by atoms with E-state index in [0.717, 1.165) is 18.4 Å². The lowest BCUT2D eigenvalue weighted by Crippen LogP contribution is -2.28. The Kier molecular flexibility index (Phi) is 5.44. The lowest BCUT2D eigenvalue weighted by molar-refractivity contribution is 0.516. The molecule has 0 amide bonds. The van der Waals surface area contributed by atoms with Crippen molar-refractivity contribution in [3.63, 3.8) is 0 Å². The molecule has 4 heteroatoms. The van der Waals surface area contributed by atoms with Gasteiger partial charge in [0.05, 0.1) is 0 Å². The molecule has 2 aromatic rings. The molecule has 3 N–H and O–H groups in total. The second-order valence-electron chi connectivity index (χ2n) is 4.91. The first-order chi connectivity index (χ1) is 9.60. The molecule has 0 radical (unpaired) electrons. The van der Waals surface area contributed by atoms with E-state index >= 15 is 0 Å². The SMILES string of the molecule is Cc1ccc(CCC(NN)c2cc(Cl)ccc2Cl)cc1. The highest BCUT2D eigenvalue weighted by atomic mass is 35.5. The Hall–Kier alpha value is -1.06. The van der Waals surface area contributed by atoms with Gasteiger partial charge >= 0.3 is 0 Å². The van der Waals surface area contributed by atoms with Crippen molar-refractivity contribution in [1.82, 2.24) is 5.43 Å². The van der Waals surface area contributed by atoms with Crippen molar-refractivity contribution < 1.29 is 0 Å². The van der Waals surface area contributed by atoms with Gasteiger partial charge in [0.25, 0.3) is 0 Å². The zero-order chi connectivity index (χ0) is 14.5. The predicted molar refractivity (Wildman–Crippen MR) is 86.0 cm³/mol. The van der Waals surface area contributed by atoms with Gasteiger partial charge in [-0.2, -0.15) is 0 Å². The number of benzene rings is 2. The lowest BCUT2D eigenvalue weighted by Gasteiger charge is -2.18. The van der Waals surface area contributed by atoms with Crippen LogP contribution in [0.25, 0.3) is 0 Å². The van der Waals surface area contributed by atoms with Crippen LogP contribution in [0, 0.1) is 6.92 Å². The highest BCUT2D eigenvalue weighted by Gasteiger charge is 2.14. The average molecular weight is 309 g/mol. The van der Waals surface area contributed by atoms with Crippen molar-refractivity contribution in [3.8, 4) is 0 Å². The van der Waals surface area contributed by atoms with Gasteiger partial charge in [-0.3, -0.25) is 11.3 Å². The topological polar surface area (TPSA) is 38.0 Å². The summed E-state index contributed by atoms with van der Waals surface area (Å²) >= 11 is 12.2. The molecule has 0 bridgehead atoms. The van der Waals surface area contributed by atoms with Gasteiger partial charge in [0.15, 0.2) is 0 Å². The quantitative estimate of drug-likeness (QED) is 0.633. The summed E-state index contributed by atoms with van der Waals surface area (Å²) in [6.45, 7) is 2.08. The molecule has 2 rings (SSSR count). The van der Waals surface area contributed by atoms with Crippen molar-refractivity contribution in [2.45, 2.75) is 25.8 Å². The second-order valence-corrected chi connectivity index (χ2v) is 5.75. The van der Waals surface area contributed by atoms with Crippen LogP contribution in [0.15, 0.2) is 42.5 Å². The summed E-state index contributed by atoms with van der Waals surface area (Å²) in [4.78, 5) is 0. The Balaban J connectivity index is 2.09. The first kappa shape index (κ1) is 15.3. The van der Waals surface area contributed by atoms with E-state index in [1.54, 1.807) is 12.1 Å². The van der Waals surface area contributed by atoms with Crippen LogP contribution in [0.5, 0.6) is 0 Å². The monoisotopic (exact) mass is 308 g/mol. The van der Waals surface area contributed by atoms with Crippen molar-refractivity contribution >= 4 is 23.2 Å². The van der Waals surface area contributed by atoms with Crippen LogP contribution in [-0.2, 0) is 6.42 Å². The van der Waals surface area contributed by atoms with Crippen LogP contribution in [0.2, 0.25) is 10.0 Å². The van der Waals surface area contributed by atoms with Crippen LogP contribution in [0.4, 0.5) is 0 Å². The number of halogens is 2. The molecule has 0 aliphatic heterocycles. The Morgan fingerprint density at radius 3 is 2.45 bits per heavy atom. The lowest BCUT2D eigenvalue weighted by atomic mass is 9.99. The minimum absolute atomic E-state index is 0.0116. The average Bonchev–Trinajstić information content (AvgIpc) is 2.45. The van der Waals surface area contributed by atoms with Gasteiger partial charge in [-0.25, -0.2) is 0 Å². The molecule has 2 aromatic carbocycles. The van der Waals surface area contributed by atoms with Gasteiger partial charge in [0, 0.05) is 16.1 Å². The summed E-state index contributed by atoms with van der Waals surface area (Å²) in [5, 5.41) is 1.35. The van der Waals surface area contributed by atoms with Crippen molar-refractivity contribution in [2.24, 2.45) is 5.84 Å². The molecule has 0 fully saturated rings. The Bertz CT molecular complexity index is 567. The highest BCUT2D eigenvalue weighted by Crippen LogP contribution is 2.28. The van der Waals surface area contributed by atoms with Crippen molar-refractivity contribution in [3.05, 3.63) is 69.2 Å². The molecule has 0 spiro atoms. The summed E-state index contributed by atoms with van der Waals surface area (Å²) in [6, 6.07) is 14.0. The van der Waals surface area contributed by atoms with Gasteiger partial charge in [-0.05, 0) is 49.1 Å². The first-order valence-corrected chi connectivity index (χ1v) is 7.32. The smallest absolute Gasteiger partial charge is 0.0478 e. The van der Waals surface area contributed by atoms with Crippen LogP contribution >= 0.6 is 23.2 Å². The maximum atomic E-state index is 6.22. The fourth-order valence-corrected chi connectivity index (χ4v) is 2.61. The third-order valence-electron chi connectivity index (χ3n) is 3.38. The molecule has 0 heterocycles. The number of hydrazine groups is 1. The van der Waals surface area contributed by atoms with Gasteiger partial charge < -0.3 is 0 Å². The normalized spacial score (nSPS) is 12.4. The molecule has 0 aromatic heterocycles. The fourth-order valence-electron chi connectivity index (χ4n) is 2.18. The number of aryl methyl sites for hydroxylation is 2. The Labute approximate surface area is 129 Å². The Morgan fingerprint density at radius 2 is 1.80 bits per heavy atom. The van der Waals surface area contributed by atoms with E-state index in [2.05, 4.69) is 36.6 Å². The van der Waals surface area contributed by atoms with Crippen LogP contribution in [-0.4, -0.2) is 0 Å². The minimum Gasteiger partial charge on any atom is -0.271 e. The molecule has 1 unspecified atom stereocenters. The number of nitrogens with one attached hydrogen (secondary N) is 1. The number of hydrogen-bond acceptors (Lipinski definition) is 2. The largest absolute Gasteiger partial charge is 0.271 e. The van der Waals surface area contributed by atoms with Crippen LogP contribution in [0.1, 0.15) is 29.2 Å². The summed E-state index contributed by atoms with van der Waals surface area (Å²) in [7, 11) is 0. The molecule has 106 valence electrons. The molecule has 2 nitrogen and oxygen atoms in total. The number of rotatable bonds is 5. The van der Waals surface area contributed by atoms with E-state index in [4.69, 9.17) is 29.0 Å². The van der Waals surface area contributed by atoms with Gasteiger partial charge in [0.2, 0.25) is 0 Å². The minimum atomic E-state index is -0.0116. The van der Waals surface area contributed by atoms with Crippen molar-refractivity contribution in [1.29, 1.82) is 0 Å². The number of hydrogen-bond donors (Lipinski definition) is 2. The third-order valence-corrected chi connectivity index (χ3v) is 3.96. The molecular weight excluding hydrogens is 291 g/mol. The van der Waals surface area contributed by atoms with E-state index in [0.29, 0.717) is 10.0 Å². The third kappa shape index (κ3) is 3.97. The van der Waals surface area contributed by atoms with E-state index < -0.39 is 0 Å².